The summed E-state index contributed by atoms with van der Waals surface area (Å²) in [6.07, 6.45) is 0. The highest BCUT2D eigenvalue weighted by Crippen LogP contribution is 2.25. The summed E-state index contributed by atoms with van der Waals surface area (Å²) in [5, 5.41) is 0. The second-order valence-electron chi connectivity index (χ2n) is 4.03. The summed E-state index contributed by atoms with van der Waals surface area (Å²) in [7, 11) is 3.47. The van der Waals surface area contributed by atoms with Crippen LogP contribution in [0.1, 0.15) is 31.0 Å². The molecule has 0 aliphatic carbocycles. The Kier molecular flexibility index (Phi) is 3.93. The quantitative estimate of drug-likeness (QED) is 0.785. The number of carbonyl (C=O) groups is 1. The van der Waals surface area contributed by atoms with E-state index >= 15 is 0 Å². The number of aryl methyl sites for hydroxylation is 1. The van der Waals surface area contributed by atoms with Crippen molar-refractivity contribution in [2.75, 3.05) is 14.2 Å². The molecule has 0 aliphatic heterocycles. The van der Waals surface area contributed by atoms with Gasteiger partial charge in [0, 0.05) is 14.0 Å². The van der Waals surface area contributed by atoms with Crippen LogP contribution < -0.4 is 4.74 Å². The smallest absolute Gasteiger partial charge is 0.219 e. The summed E-state index contributed by atoms with van der Waals surface area (Å²) in [5.74, 6) is 0.947. The van der Waals surface area contributed by atoms with Crippen LogP contribution in [0, 0.1) is 6.92 Å². The summed E-state index contributed by atoms with van der Waals surface area (Å²) < 4.78 is 5.21. The summed E-state index contributed by atoms with van der Waals surface area (Å²) in [6, 6.07) is 6.08. The van der Waals surface area contributed by atoms with Crippen LogP contribution in [0.2, 0.25) is 0 Å². The Morgan fingerprint density at radius 3 is 2.50 bits per heavy atom. The largest absolute Gasteiger partial charge is 0.496 e. The molecule has 0 N–H and O–H groups in total. The van der Waals surface area contributed by atoms with Crippen LogP contribution >= 0.6 is 0 Å². The fraction of sp³-hybridized carbons (Fsp3) is 0.462. The molecule has 3 heteroatoms. The number of hydrogen-bond donors (Lipinski definition) is 0. The van der Waals surface area contributed by atoms with Crippen LogP contribution in [0.3, 0.4) is 0 Å². The second kappa shape index (κ2) is 5.01. The highest BCUT2D eigenvalue weighted by molar-refractivity contribution is 5.73. The molecule has 16 heavy (non-hydrogen) atoms. The number of hydrogen-bond acceptors (Lipinski definition) is 2. The average molecular weight is 221 g/mol. The number of methoxy groups -OCH3 is 1. The molecule has 0 aliphatic rings. The van der Waals surface area contributed by atoms with Crippen molar-refractivity contribution in [1.82, 2.24) is 4.90 Å². The van der Waals surface area contributed by atoms with Crippen molar-refractivity contribution in [3.05, 3.63) is 29.3 Å². The van der Waals surface area contributed by atoms with E-state index in [1.165, 1.54) is 0 Å². The molecule has 0 saturated heterocycles. The molecule has 0 fully saturated rings. The molecule has 1 aromatic rings. The third-order valence-electron chi connectivity index (χ3n) is 2.98. The molecule has 1 amide bonds. The first-order valence-electron chi connectivity index (χ1n) is 5.35. The number of benzene rings is 1. The maximum Gasteiger partial charge on any atom is 0.219 e. The third-order valence-corrected chi connectivity index (χ3v) is 2.98. The van der Waals surface area contributed by atoms with E-state index in [2.05, 4.69) is 6.07 Å². The normalized spacial score (nSPS) is 12.1. The zero-order valence-corrected chi connectivity index (χ0v) is 10.6. The minimum atomic E-state index is 0.0703. The van der Waals surface area contributed by atoms with Gasteiger partial charge >= 0.3 is 0 Å². The standard InChI is InChI=1S/C13H19NO2/c1-9-8-12(6-7-13(9)16-5)10(2)14(4)11(3)15/h6-8,10H,1-5H3. The van der Waals surface area contributed by atoms with Gasteiger partial charge in [0.25, 0.3) is 0 Å². The molecule has 1 unspecified atom stereocenters. The van der Waals surface area contributed by atoms with Crippen LogP contribution in [0.25, 0.3) is 0 Å². The highest BCUT2D eigenvalue weighted by Gasteiger charge is 2.14. The van der Waals surface area contributed by atoms with Crippen LogP contribution in [0.4, 0.5) is 0 Å². The summed E-state index contributed by atoms with van der Waals surface area (Å²) in [5.41, 5.74) is 2.21. The van der Waals surface area contributed by atoms with Gasteiger partial charge in [-0.15, -0.1) is 0 Å². The molecule has 0 aromatic heterocycles. The molecule has 0 heterocycles. The number of carbonyl (C=O) groups excluding carboxylic acids is 1. The van der Waals surface area contributed by atoms with Gasteiger partial charge in [0.15, 0.2) is 0 Å². The van der Waals surface area contributed by atoms with Crippen molar-refractivity contribution in [1.29, 1.82) is 0 Å². The lowest BCUT2D eigenvalue weighted by Crippen LogP contribution is -2.27. The van der Waals surface area contributed by atoms with E-state index in [0.717, 1.165) is 16.9 Å². The number of rotatable bonds is 3. The lowest BCUT2D eigenvalue weighted by molar-refractivity contribution is -0.129. The molecule has 0 radical (unpaired) electrons. The Morgan fingerprint density at radius 1 is 1.44 bits per heavy atom. The van der Waals surface area contributed by atoms with Crippen LogP contribution in [-0.2, 0) is 4.79 Å². The van der Waals surface area contributed by atoms with E-state index < -0.39 is 0 Å². The van der Waals surface area contributed by atoms with Crippen molar-refractivity contribution >= 4 is 5.91 Å². The molecule has 1 aromatic carbocycles. The Labute approximate surface area is 97.0 Å². The maximum atomic E-state index is 11.3. The second-order valence-corrected chi connectivity index (χ2v) is 4.03. The molecule has 0 spiro atoms. The minimum absolute atomic E-state index is 0.0703. The first-order chi connectivity index (χ1) is 7.47. The number of nitrogens with zero attached hydrogens (tertiary/aromatic N) is 1. The predicted molar refractivity (Wildman–Crippen MR) is 64.6 cm³/mol. The average Bonchev–Trinajstić information content (AvgIpc) is 2.26. The summed E-state index contributed by atoms with van der Waals surface area (Å²) in [4.78, 5) is 13.0. The monoisotopic (exact) mass is 221 g/mol. The Balaban J connectivity index is 2.97. The summed E-state index contributed by atoms with van der Waals surface area (Å²) >= 11 is 0. The van der Waals surface area contributed by atoms with Gasteiger partial charge in [-0.3, -0.25) is 4.79 Å². The first-order valence-corrected chi connectivity index (χ1v) is 5.35. The van der Waals surface area contributed by atoms with E-state index in [1.807, 2.05) is 33.0 Å². The topological polar surface area (TPSA) is 29.5 Å². The molecule has 1 atom stereocenters. The molecule has 1 rings (SSSR count). The van der Waals surface area contributed by atoms with Gasteiger partial charge < -0.3 is 9.64 Å². The van der Waals surface area contributed by atoms with E-state index in [9.17, 15) is 4.79 Å². The van der Waals surface area contributed by atoms with Crippen LogP contribution in [0.5, 0.6) is 5.75 Å². The lowest BCUT2D eigenvalue weighted by Gasteiger charge is -2.24. The zero-order valence-electron chi connectivity index (χ0n) is 10.6. The van der Waals surface area contributed by atoms with Crippen LogP contribution in [0.15, 0.2) is 18.2 Å². The third kappa shape index (κ3) is 2.54. The van der Waals surface area contributed by atoms with E-state index in [4.69, 9.17) is 4.74 Å². The molecular weight excluding hydrogens is 202 g/mol. The highest BCUT2D eigenvalue weighted by atomic mass is 16.5. The van der Waals surface area contributed by atoms with E-state index in [0.29, 0.717) is 0 Å². The molecule has 0 bridgehead atoms. The first kappa shape index (κ1) is 12.6. The Bertz CT molecular complexity index is 388. The van der Waals surface area contributed by atoms with E-state index in [1.54, 1.807) is 18.9 Å². The molecule has 3 nitrogen and oxygen atoms in total. The van der Waals surface area contributed by atoms with Crippen molar-refractivity contribution in [2.24, 2.45) is 0 Å². The van der Waals surface area contributed by atoms with Gasteiger partial charge in [-0.1, -0.05) is 12.1 Å². The van der Waals surface area contributed by atoms with E-state index in [-0.39, 0.29) is 11.9 Å². The Morgan fingerprint density at radius 2 is 2.06 bits per heavy atom. The molecular formula is C13H19NO2. The predicted octanol–water partition coefficient (Wildman–Crippen LogP) is 2.54. The SMILES string of the molecule is COc1ccc(C(C)N(C)C(C)=O)cc1C. The van der Waals surface area contributed by atoms with Gasteiger partial charge in [0.05, 0.1) is 13.2 Å². The fourth-order valence-electron chi connectivity index (χ4n) is 1.66. The van der Waals surface area contributed by atoms with Crippen molar-refractivity contribution in [3.63, 3.8) is 0 Å². The van der Waals surface area contributed by atoms with Crippen molar-refractivity contribution in [2.45, 2.75) is 26.8 Å². The molecule has 0 saturated carbocycles. The summed E-state index contributed by atoms with van der Waals surface area (Å²) in [6.45, 7) is 5.60. The minimum Gasteiger partial charge on any atom is -0.496 e. The maximum absolute atomic E-state index is 11.3. The Hall–Kier alpha value is -1.51. The van der Waals surface area contributed by atoms with Gasteiger partial charge in [0.1, 0.15) is 5.75 Å². The van der Waals surface area contributed by atoms with Crippen molar-refractivity contribution < 1.29 is 9.53 Å². The van der Waals surface area contributed by atoms with Gasteiger partial charge in [-0.05, 0) is 31.0 Å². The van der Waals surface area contributed by atoms with Gasteiger partial charge in [0.2, 0.25) is 5.91 Å². The lowest BCUT2D eigenvalue weighted by atomic mass is 10.0. The van der Waals surface area contributed by atoms with Gasteiger partial charge in [-0.25, -0.2) is 0 Å². The van der Waals surface area contributed by atoms with Crippen LogP contribution in [-0.4, -0.2) is 25.0 Å². The number of ether oxygens (including phenoxy) is 1. The zero-order chi connectivity index (χ0) is 12.3. The number of amides is 1. The fourth-order valence-corrected chi connectivity index (χ4v) is 1.66. The molecule has 88 valence electrons. The van der Waals surface area contributed by atoms with Gasteiger partial charge in [-0.2, -0.15) is 0 Å². The van der Waals surface area contributed by atoms with Crippen molar-refractivity contribution in [3.8, 4) is 5.75 Å².